The minimum atomic E-state index is 0.568. The lowest BCUT2D eigenvalue weighted by atomic mass is 10.0. The lowest BCUT2D eigenvalue weighted by Gasteiger charge is -2.09. The highest BCUT2D eigenvalue weighted by Gasteiger charge is 2.05. The highest BCUT2D eigenvalue weighted by atomic mass is 35.5. The number of hydrogen-bond acceptors (Lipinski definition) is 2. The molecule has 2 aromatic rings. The molecule has 2 rings (SSSR count). The molecule has 0 fully saturated rings. The summed E-state index contributed by atoms with van der Waals surface area (Å²) in [5.74, 6) is 0.568. The van der Waals surface area contributed by atoms with Crippen LogP contribution < -0.4 is 5.32 Å². The van der Waals surface area contributed by atoms with Gasteiger partial charge in [0.25, 0.3) is 0 Å². The summed E-state index contributed by atoms with van der Waals surface area (Å²) in [6.45, 7) is 5.26. The van der Waals surface area contributed by atoms with Crippen LogP contribution in [0.3, 0.4) is 0 Å². The van der Waals surface area contributed by atoms with E-state index in [4.69, 9.17) is 11.6 Å². The zero-order valence-corrected chi connectivity index (χ0v) is 13.7. The van der Waals surface area contributed by atoms with Gasteiger partial charge in [-0.2, -0.15) is 0 Å². The van der Waals surface area contributed by atoms with Crippen molar-refractivity contribution in [2.45, 2.75) is 36.1 Å². The molecule has 0 spiro atoms. The van der Waals surface area contributed by atoms with Gasteiger partial charge in [0.2, 0.25) is 0 Å². The van der Waals surface area contributed by atoms with E-state index in [9.17, 15) is 0 Å². The van der Waals surface area contributed by atoms with E-state index in [0.29, 0.717) is 5.92 Å². The molecule has 0 heterocycles. The predicted octanol–water partition coefficient (Wildman–Crippen LogP) is 5.33. The summed E-state index contributed by atoms with van der Waals surface area (Å²) in [4.78, 5) is 2.32. The molecule has 0 aliphatic rings. The third kappa shape index (κ3) is 4.02. The summed E-state index contributed by atoms with van der Waals surface area (Å²) in [7, 11) is 1.94. The maximum Gasteiger partial charge on any atom is 0.0548 e. The lowest BCUT2D eigenvalue weighted by molar-refractivity contribution is 0.817. The van der Waals surface area contributed by atoms with Gasteiger partial charge in [-0.15, -0.1) is 0 Å². The fourth-order valence-corrected chi connectivity index (χ4v) is 3.13. The van der Waals surface area contributed by atoms with Crippen molar-refractivity contribution in [2.24, 2.45) is 0 Å². The van der Waals surface area contributed by atoms with E-state index in [2.05, 4.69) is 55.6 Å². The van der Waals surface area contributed by atoms with Gasteiger partial charge in [0.1, 0.15) is 0 Å². The van der Waals surface area contributed by atoms with Crippen molar-refractivity contribution < 1.29 is 0 Å². The summed E-state index contributed by atoms with van der Waals surface area (Å²) in [6, 6.07) is 15.0. The van der Waals surface area contributed by atoms with E-state index in [-0.39, 0.29) is 0 Å². The van der Waals surface area contributed by atoms with E-state index >= 15 is 0 Å². The summed E-state index contributed by atoms with van der Waals surface area (Å²) >= 11 is 8.06. The first-order valence-corrected chi connectivity index (χ1v) is 8.00. The SMILES string of the molecule is CNCc1ccc(Sc2ccc(C(C)C)cc2)c(Cl)c1. The fraction of sp³-hybridized carbons (Fsp3) is 0.294. The number of hydrogen-bond donors (Lipinski definition) is 1. The Bertz CT molecular complexity index is 564. The average molecular weight is 306 g/mol. The quantitative estimate of drug-likeness (QED) is 0.801. The Labute approximate surface area is 130 Å². The highest BCUT2D eigenvalue weighted by Crippen LogP contribution is 2.34. The van der Waals surface area contributed by atoms with E-state index in [1.54, 1.807) is 11.8 Å². The van der Waals surface area contributed by atoms with Crippen LogP contribution in [0.25, 0.3) is 0 Å². The van der Waals surface area contributed by atoms with Crippen LogP contribution in [0, 0.1) is 0 Å². The standard InChI is InChI=1S/C17H20ClNS/c1-12(2)14-5-7-15(8-6-14)20-17-9-4-13(11-19-3)10-16(17)18/h4-10,12,19H,11H2,1-3H3. The molecular formula is C17H20ClNS. The smallest absolute Gasteiger partial charge is 0.0548 e. The van der Waals surface area contributed by atoms with E-state index < -0.39 is 0 Å². The highest BCUT2D eigenvalue weighted by molar-refractivity contribution is 7.99. The molecule has 0 aliphatic heterocycles. The minimum Gasteiger partial charge on any atom is -0.316 e. The Hall–Kier alpha value is -0.960. The van der Waals surface area contributed by atoms with Gasteiger partial charge in [-0.3, -0.25) is 0 Å². The van der Waals surface area contributed by atoms with Crippen molar-refractivity contribution in [3.05, 3.63) is 58.6 Å². The van der Waals surface area contributed by atoms with Crippen LogP contribution in [0.2, 0.25) is 5.02 Å². The zero-order chi connectivity index (χ0) is 14.5. The van der Waals surface area contributed by atoms with Gasteiger partial charge < -0.3 is 5.32 Å². The topological polar surface area (TPSA) is 12.0 Å². The Morgan fingerprint density at radius 1 is 1.10 bits per heavy atom. The van der Waals surface area contributed by atoms with Crippen LogP contribution in [0.15, 0.2) is 52.3 Å². The Balaban J connectivity index is 2.13. The van der Waals surface area contributed by atoms with Gasteiger partial charge in [0.15, 0.2) is 0 Å². The van der Waals surface area contributed by atoms with Crippen LogP contribution >= 0.6 is 23.4 Å². The molecule has 0 aromatic heterocycles. The van der Waals surface area contributed by atoms with Gasteiger partial charge in [-0.1, -0.05) is 55.4 Å². The van der Waals surface area contributed by atoms with Crippen LogP contribution in [-0.2, 0) is 6.54 Å². The number of halogens is 1. The molecule has 0 saturated carbocycles. The summed E-state index contributed by atoms with van der Waals surface area (Å²) in [6.07, 6.45) is 0. The lowest BCUT2D eigenvalue weighted by Crippen LogP contribution is -2.04. The van der Waals surface area contributed by atoms with Gasteiger partial charge in [0, 0.05) is 16.3 Å². The number of rotatable bonds is 5. The first-order valence-electron chi connectivity index (χ1n) is 6.81. The Morgan fingerprint density at radius 3 is 2.35 bits per heavy atom. The maximum absolute atomic E-state index is 6.35. The minimum absolute atomic E-state index is 0.568. The Morgan fingerprint density at radius 2 is 1.80 bits per heavy atom. The third-order valence-electron chi connectivity index (χ3n) is 3.15. The number of benzene rings is 2. The van der Waals surface area contributed by atoms with Crippen molar-refractivity contribution in [1.29, 1.82) is 0 Å². The average Bonchev–Trinajstić information content (AvgIpc) is 2.43. The molecule has 20 heavy (non-hydrogen) atoms. The van der Waals surface area contributed by atoms with Crippen molar-refractivity contribution in [1.82, 2.24) is 5.32 Å². The van der Waals surface area contributed by atoms with Gasteiger partial charge >= 0.3 is 0 Å². The van der Waals surface area contributed by atoms with E-state index in [1.165, 1.54) is 16.0 Å². The fourth-order valence-electron chi connectivity index (χ4n) is 1.99. The second kappa shape index (κ2) is 7.16. The molecule has 106 valence electrons. The Kier molecular flexibility index (Phi) is 5.53. The molecule has 0 saturated heterocycles. The monoisotopic (exact) mass is 305 g/mol. The van der Waals surface area contributed by atoms with Crippen molar-refractivity contribution in [3.63, 3.8) is 0 Å². The van der Waals surface area contributed by atoms with Crippen molar-refractivity contribution in [2.75, 3.05) is 7.05 Å². The molecule has 3 heteroatoms. The molecule has 0 amide bonds. The molecular weight excluding hydrogens is 286 g/mol. The third-order valence-corrected chi connectivity index (χ3v) is 4.66. The summed E-state index contributed by atoms with van der Waals surface area (Å²) < 4.78 is 0. The molecule has 0 bridgehead atoms. The molecule has 1 N–H and O–H groups in total. The zero-order valence-electron chi connectivity index (χ0n) is 12.1. The predicted molar refractivity (Wildman–Crippen MR) is 88.9 cm³/mol. The van der Waals surface area contributed by atoms with Gasteiger partial charge in [-0.25, -0.2) is 0 Å². The maximum atomic E-state index is 6.35. The largest absolute Gasteiger partial charge is 0.316 e. The van der Waals surface area contributed by atoms with Crippen molar-refractivity contribution in [3.8, 4) is 0 Å². The van der Waals surface area contributed by atoms with Crippen LogP contribution in [-0.4, -0.2) is 7.05 Å². The second-order valence-electron chi connectivity index (χ2n) is 5.12. The molecule has 0 radical (unpaired) electrons. The van der Waals surface area contributed by atoms with Gasteiger partial charge in [-0.05, 0) is 48.4 Å². The molecule has 1 nitrogen and oxygen atoms in total. The van der Waals surface area contributed by atoms with Crippen molar-refractivity contribution >= 4 is 23.4 Å². The molecule has 0 atom stereocenters. The van der Waals surface area contributed by atoms with Crippen LogP contribution in [0.1, 0.15) is 30.9 Å². The number of nitrogens with one attached hydrogen (secondary N) is 1. The summed E-state index contributed by atoms with van der Waals surface area (Å²) in [5.41, 5.74) is 2.57. The molecule has 2 aromatic carbocycles. The van der Waals surface area contributed by atoms with E-state index in [0.717, 1.165) is 16.5 Å². The second-order valence-corrected chi connectivity index (χ2v) is 6.64. The first kappa shape index (κ1) is 15.4. The normalized spacial score (nSPS) is 11.1. The van der Waals surface area contributed by atoms with E-state index in [1.807, 2.05) is 13.1 Å². The van der Waals surface area contributed by atoms with Crippen LogP contribution in [0.5, 0.6) is 0 Å². The molecule has 0 unspecified atom stereocenters. The van der Waals surface area contributed by atoms with Crippen LogP contribution in [0.4, 0.5) is 0 Å². The van der Waals surface area contributed by atoms with Gasteiger partial charge in [0.05, 0.1) is 5.02 Å². The molecule has 0 aliphatic carbocycles. The first-order chi connectivity index (χ1) is 9.60. The summed E-state index contributed by atoms with van der Waals surface area (Å²) in [5, 5.41) is 3.95.